The second kappa shape index (κ2) is 18.1. The van der Waals surface area contributed by atoms with Crippen LogP contribution in [0.5, 0.6) is 11.5 Å². The average molecular weight is 780 g/mol. The standard InChI is InChI=1S/C38H43F2N7O7S/c1-22(2)33(41)36(49)43-23(3)35(48)44-27-10-7-24(8-11-27)20-54-38(50)47-55(4,51)21-25-15-28-18-29(16-25)52-13-5-6-14-53-32-17-26(39)9-12-30(32)34-31(40)19-42-37(45-28)46-34/h7-12,15-19,22-23,33H,5-6,13-14,20-21,41H2,1-4H3,(H,43,49)(H,44,48)(H,42,45,46)/t23-,33-,55+/m0/s1. The number of hydrogen-bond donors (Lipinski definition) is 4. The quantitative estimate of drug-likeness (QED) is 0.154. The van der Waals surface area contributed by atoms with E-state index < -0.39 is 51.4 Å². The summed E-state index contributed by atoms with van der Waals surface area (Å²) in [5.74, 6) is -1.77. The molecule has 4 aromatic rings. The summed E-state index contributed by atoms with van der Waals surface area (Å²) in [5, 5.41) is 8.32. The summed E-state index contributed by atoms with van der Waals surface area (Å²) in [6.07, 6.45) is 2.42. The van der Waals surface area contributed by atoms with Crippen LogP contribution in [0.1, 0.15) is 44.7 Å². The zero-order valence-corrected chi connectivity index (χ0v) is 31.6. The van der Waals surface area contributed by atoms with Gasteiger partial charge in [-0.15, -0.1) is 4.36 Å². The van der Waals surface area contributed by atoms with Gasteiger partial charge in [-0.25, -0.2) is 27.8 Å². The number of anilines is 3. The minimum atomic E-state index is -3.16. The topological polar surface area (TPSA) is 196 Å². The highest BCUT2D eigenvalue weighted by Gasteiger charge is 2.22. The SMILES string of the molecule is CC(C)[C@H](N)C(=O)N[C@@H](C)C(=O)Nc1ccc(COC(=O)N=[S@](C)(=O)Cc2cc3cc(c2)OCCCCOc2cc(F)ccc2-c2nc(ncc2F)N3)cc1. The Morgan fingerprint density at radius 1 is 0.982 bits per heavy atom. The molecule has 0 fully saturated rings. The van der Waals surface area contributed by atoms with Crippen LogP contribution in [0.3, 0.4) is 0 Å². The lowest BCUT2D eigenvalue weighted by atomic mass is 10.0. The number of benzene rings is 3. The zero-order chi connectivity index (χ0) is 39.7. The lowest BCUT2D eigenvalue weighted by Gasteiger charge is -2.19. The molecule has 5 N–H and O–H groups in total. The Balaban J connectivity index is 1.24. The average Bonchev–Trinajstić information content (AvgIpc) is 3.12. The molecule has 0 aliphatic carbocycles. The van der Waals surface area contributed by atoms with Gasteiger partial charge in [0.15, 0.2) is 5.82 Å². The third kappa shape index (κ3) is 11.7. The number of carbonyl (C=O) groups is 3. The first kappa shape index (κ1) is 40.5. The number of fused-ring (bicyclic) bond motifs is 6. The van der Waals surface area contributed by atoms with E-state index in [4.69, 9.17) is 19.9 Å². The number of amides is 3. The summed E-state index contributed by atoms with van der Waals surface area (Å²) in [5.41, 5.74) is 7.99. The highest BCUT2D eigenvalue weighted by molar-refractivity contribution is 7.92. The van der Waals surface area contributed by atoms with Gasteiger partial charge in [-0.2, -0.15) is 0 Å². The number of carbonyl (C=O) groups excluding carboxylic acids is 3. The summed E-state index contributed by atoms with van der Waals surface area (Å²) in [6.45, 7) is 5.52. The van der Waals surface area contributed by atoms with Crippen LogP contribution in [-0.2, 0) is 36.4 Å². The van der Waals surface area contributed by atoms with Gasteiger partial charge in [0.1, 0.15) is 35.7 Å². The second-order valence-corrected chi connectivity index (χ2v) is 15.8. The van der Waals surface area contributed by atoms with Crippen molar-refractivity contribution in [3.8, 4) is 22.8 Å². The number of rotatable bonds is 9. The van der Waals surface area contributed by atoms with E-state index in [0.717, 1.165) is 6.20 Å². The van der Waals surface area contributed by atoms with Crippen molar-refractivity contribution < 1.29 is 41.6 Å². The molecule has 17 heteroatoms. The molecular formula is C38H43F2N7O7S. The molecule has 3 amide bonds. The minimum Gasteiger partial charge on any atom is -0.494 e. The van der Waals surface area contributed by atoms with Gasteiger partial charge in [0.25, 0.3) is 0 Å². The fourth-order valence-electron chi connectivity index (χ4n) is 5.32. The first-order valence-corrected chi connectivity index (χ1v) is 19.6. The van der Waals surface area contributed by atoms with Crippen LogP contribution in [-0.4, -0.2) is 63.6 Å². The van der Waals surface area contributed by atoms with E-state index in [-0.39, 0.29) is 47.8 Å². The molecule has 1 aliphatic rings. The molecule has 1 aromatic heterocycles. The van der Waals surface area contributed by atoms with Gasteiger partial charge in [-0.1, -0.05) is 26.0 Å². The summed E-state index contributed by atoms with van der Waals surface area (Å²) in [6, 6.07) is 13.7. The molecule has 14 nitrogen and oxygen atoms in total. The lowest BCUT2D eigenvalue weighted by Crippen LogP contribution is -2.50. The van der Waals surface area contributed by atoms with Crippen LogP contribution in [0, 0.1) is 17.6 Å². The van der Waals surface area contributed by atoms with E-state index in [2.05, 4.69) is 30.3 Å². The number of halogens is 2. The maximum Gasteiger partial charge on any atom is 0.442 e. The summed E-state index contributed by atoms with van der Waals surface area (Å²) >= 11 is 0. The first-order valence-electron chi connectivity index (χ1n) is 17.5. The van der Waals surface area contributed by atoms with E-state index in [1.165, 1.54) is 24.5 Å². The monoisotopic (exact) mass is 779 g/mol. The second-order valence-electron chi connectivity index (χ2n) is 13.4. The third-order valence-corrected chi connectivity index (χ3v) is 9.69. The Morgan fingerprint density at radius 3 is 2.44 bits per heavy atom. The van der Waals surface area contributed by atoms with Crippen LogP contribution in [0.4, 0.5) is 30.9 Å². The van der Waals surface area contributed by atoms with Gasteiger partial charge in [-0.3, -0.25) is 9.59 Å². The van der Waals surface area contributed by atoms with Crippen LogP contribution < -0.4 is 31.2 Å². The van der Waals surface area contributed by atoms with Gasteiger partial charge < -0.3 is 35.9 Å². The van der Waals surface area contributed by atoms with Crippen LogP contribution in [0.25, 0.3) is 11.3 Å². The molecule has 0 spiro atoms. The number of ether oxygens (including phenoxy) is 3. The van der Waals surface area contributed by atoms with E-state index in [0.29, 0.717) is 47.7 Å². The lowest BCUT2D eigenvalue weighted by molar-refractivity contribution is -0.127. The molecule has 5 rings (SSSR count). The number of hydrogen-bond acceptors (Lipinski definition) is 11. The largest absolute Gasteiger partial charge is 0.494 e. The summed E-state index contributed by atoms with van der Waals surface area (Å²) < 4.78 is 63.4. The Morgan fingerprint density at radius 2 is 1.71 bits per heavy atom. The fourth-order valence-corrected chi connectivity index (χ4v) is 6.53. The van der Waals surface area contributed by atoms with Gasteiger partial charge in [0.05, 0.1) is 40.9 Å². The molecule has 0 saturated heterocycles. The highest BCUT2D eigenvalue weighted by atomic mass is 32.2. The predicted octanol–water partition coefficient (Wildman–Crippen LogP) is 6.08. The fraction of sp³-hybridized carbons (Fsp3) is 0.342. The number of nitrogens with zero attached hydrogens (tertiary/aromatic N) is 3. The number of nitrogens with one attached hydrogen (secondary N) is 3. The Kier molecular flexibility index (Phi) is 13.3. The van der Waals surface area contributed by atoms with Crippen molar-refractivity contribution in [1.82, 2.24) is 15.3 Å². The Labute approximate surface area is 317 Å². The molecule has 2 heterocycles. The third-order valence-electron chi connectivity index (χ3n) is 8.29. The molecule has 3 aromatic carbocycles. The van der Waals surface area contributed by atoms with Crippen molar-refractivity contribution in [2.24, 2.45) is 16.0 Å². The zero-order valence-electron chi connectivity index (χ0n) is 30.8. The summed E-state index contributed by atoms with van der Waals surface area (Å²) in [4.78, 5) is 45.8. The molecule has 55 heavy (non-hydrogen) atoms. The Hall–Kier alpha value is -5.68. The molecule has 0 saturated carbocycles. The first-order chi connectivity index (χ1) is 26.2. The van der Waals surface area contributed by atoms with E-state index in [9.17, 15) is 27.4 Å². The van der Waals surface area contributed by atoms with Crippen LogP contribution in [0.2, 0.25) is 0 Å². The van der Waals surface area contributed by atoms with Gasteiger partial charge in [0, 0.05) is 35.3 Å². The molecule has 0 radical (unpaired) electrons. The van der Waals surface area contributed by atoms with Gasteiger partial charge in [0.2, 0.25) is 17.8 Å². The normalized spacial score (nSPS) is 14.8. The summed E-state index contributed by atoms with van der Waals surface area (Å²) in [7, 11) is -3.16. The Bertz CT molecular complexity index is 2160. The van der Waals surface area contributed by atoms with Crippen molar-refractivity contribution in [3.63, 3.8) is 0 Å². The van der Waals surface area contributed by atoms with Gasteiger partial charge in [-0.05, 0) is 73.2 Å². The van der Waals surface area contributed by atoms with Crippen LogP contribution in [0.15, 0.2) is 71.2 Å². The number of nitrogens with two attached hydrogens (primary N) is 1. The highest BCUT2D eigenvalue weighted by Crippen LogP contribution is 2.33. The smallest absolute Gasteiger partial charge is 0.442 e. The maximum atomic E-state index is 15.0. The molecule has 1 aliphatic heterocycles. The van der Waals surface area contributed by atoms with Gasteiger partial charge >= 0.3 is 6.09 Å². The van der Waals surface area contributed by atoms with Crippen LogP contribution >= 0.6 is 0 Å². The van der Waals surface area contributed by atoms with Crippen molar-refractivity contribution in [3.05, 3.63) is 89.6 Å². The van der Waals surface area contributed by atoms with E-state index in [1.54, 1.807) is 49.4 Å². The van der Waals surface area contributed by atoms with Crippen molar-refractivity contribution in [1.29, 1.82) is 0 Å². The van der Waals surface area contributed by atoms with Crippen molar-refractivity contribution >= 4 is 45.0 Å². The molecule has 3 atom stereocenters. The minimum absolute atomic E-state index is 0.0240. The van der Waals surface area contributed by atoms with E-state index in [1.807, 2.05) is 13.8 Å². The molecule has 292 valence electrons. The van der Waals surface area contributed by atoms with Crippen molar-refractivity contribution in [2.75, 3.05) is 30.1 Å². The van der Waals surface area contributed by atoms with E-state index >= 15 is 0 Å². The molecule has 4 bridgehead atoms. The van der Waals surface area contributed by atoms with Crippen molar-refractivity contribution in [2.45, 2.75) is 58.1 Å². The molecule has 0 unspecified atom stereocenters. The number of aromatic nitrogens is 2. The predicted molar refractivity (Wildman–Crippen MR) is 203 cm³/mol. The molecular weight excluding hydrogens is 737 g/mol. The maximum absolute atomic E-state index is 15.0.